The van der Waals surface area contributed by atoms with Crippen LogP contribution in [0.1, 0.15) is 17.5 Å². The normalized spacial score (nSPS) is 22.9. The number of ether oxygens (including phenoxy) is 1. The predicted octanol–water partition coefficient (Wildman–Crippen LogP) is 4.53. The highest BCUT2D eigenvalue weighted by Gasteiger charge is 2.50. The van der Waals surface area contributed by atoms with Gasteiger partial charge in [-0.3, -0.25) is 0 Å². The van der Waals surface area contributed by atoms with E-state index >= 15 is 0 Å². The second-order valence-electron chi connectivity index (χ2n) is 7.22. The summed E-state index contributed by atoms with van der Waals surface area (Å²) in [5, 5.41) is 0. The zero-order valence-electron chi connectivity index (χ0n) is 16.2. The van der Waals surface area contributed by atoms with Gasteiger partial charge in [0.25, 0.3) is 0 Å². The van der Waals surface area contributed by atoms with E-state index in [1.165, 1.54) is 16.0 Å². The Morgan fingerprint density at radius 3 is 2.21 bits per heavy atom. The highest BCUT2D eigenvalue weighted by molar-refractivity contribution is 8.03. The van der Waals surface area contributed by atoms with Gasteiger partial charge in [0.05, 0.1) is 12.1 Å². The molecule has 0 unspecified atom stereocenters. The molecule has 0 aliphatic carbocycles. The van der Waals surface area contributed by atoms with Crippen LogP contribution in [0.15, 0.2) is 71.6 Å². The molecule has 0 radical (unpaired) electrons. The Balaban J connectivity index is 1.60. The summed E-state index contributed by atoms with van der Waals surface area (Å²) < 4.78 is 5.21. The second-order valence-corrected chi connectivity index (χ2v) is 8.31. The van der Waals surface area contributed by atoms with Gasteiger partial charge in [0.2, 0.25) is 0 Å². The predicted molar refractivity (Wildman–Crippen MR) is 114 cm³/mol. The van der Waals surface area contributed by atoms with Crippen molar-refractivity contribution in [3.05, 3.63) is 82.8 Å². The molecule has 28 heavy (non-hydrogen) atoms. The molecule has 0 N–H and O–H groups in total. The Morgan fingerprint density at radius 1 is 1.00 bits per heavy atom. The number of carbonyl (C=O) groups excluding carboxylic acids is 1. The van der Waals surface area contributed by atoms with Crippen molar-refractivity contribution in [1.29, 1.82) is 0 Å². The third-order valence-corrected chi connectivity index (χ3v) is 6.61. The smallest absolute Gasteiger partial charge is 0.321 e. The van der Waals surface area contributed by atoms with Gasteiger partial charge in [-0.05, 0) is 17.5 Å². The molecule has 0 bridgehead atoms. The van der Waals surface area contributed by atoms with Crippen LogP contribution in [-0.2, 0) is 17.8 Å². The summed E-state index contributed by atoms with van der Waals surface area (Å²) in [7, 11) is 1.73. The highest BCUT2D eigenvalue weighted by Crippen LogP contribution is 2.43. The van der Waals surface area contributed by atoms with Crippen LogP contribution in [0.4, 0.5) is 4.79 Å². The quantitative estimate of drug-likeness (QED) is 0.511. The fourth-order valence-corrected chi connectivity index (χ4v) is 5.42. The number of fused-ring (bicyclic) bond motifs is 1. The van der Waals surface area contributed by atoms with Crippen molar-refractivity contribution < 1.29 is 9.53 Å². The highest BCUT2D eigenvalue weighted by atomic mass is 32.2. The number of rotatable bonds is 7. The zero-order valence-corrected chi connectivity index (χ0v) is 17.0. The van der Waals surface area contributed by atoms with E-state index in [1.54, 1.807) is 7.11 Å². The fourth-order valence-electron chi connectivity index (χ4n) is 4.01. The summed E-state index contributed by atoms with van der Waals surface area (Å²) in [5.41, 5.74) is 2.35. The number of carbonyl (C=O) groups is 1. The van der Waals surface area contributed by atoms with Gasteiger partial charge in [0.15, 0.2) is 0 Å². The zero-order chi connectivity index (χ0) is 19.3. The molecule has 0 aromatic heterocycles. The number of hydrogen-bond donors (Lipinski definition) is 0. The molecule has 4 rings (SSSR count). The van der Waals surface area contributed by atoms with Gasteiger partial charge < -0.3 is 14.5 Å². The standard InChI is InChI=1S/C23H26N2O2S/c1-27-14-8-13-21-22-20(17-28-21)24(15-18-9-4-2-5-10-18)23(26)25(22)16-19-11-6-3-7-12-19/h2-7,9-13,20,22H,8,14-17H2,1H3/b21-13+/t20-,22-/m0/s1. The maximum Gasteiger partial charge on any atom is 0.321 e. The van der Waals surface area contributed by atoms with E-state index in [9.17, 15) is 4.79 Å². The van der Waals surface area contributed by atoms with Crippen LogP contribution < -0.4 is 0 Å². The maximum atomic E-state index is 13.4. The SMILES string of the molecule is COCC/C=C1/SC[C@H]2[C@@H]1N(Cc1ccccc1)C(=O)N2Cc1ccccc1. The first kappa shape index (κ1) is 19.1. The molecular formula is C23H26N2O2S. The third kappa shape index (κ3) is 3.96. The monoisotopic (exact) mass is 394 g/mol. The molecule has 2 aromatic carbocycles. The van der Waals surface area contributed by atoms with E-state index in [1.807, 2.05) is 48.2 Å². The molecule has 2 aliphatic rings. The Kier molecular flexibility index (Phi) is 6.03. The topological polar surface area (TPSA) is 32.8 Å². The first-order chi connectivity index (χ1) is 13.8. The lowest BCUT2D eigenvalue weighted by Crippen LogP contribution is -2.35. The number of thioether (sulfide) groups is 1. The van der Waals surface area contributed by atoms with Gasteiger partial charge >= 0.3 is 6.03 Å². The summed E-state index contributed by atoms with van der Waals surface area (Å²) in [5.74, 6) is 0.952. The molecule has 146 valence electrons. The van der Waals surface area contributed by atoms with Crippen LogP contribution in [0, 0.1) is 0 Å². The lowest BCUT2D eigenvalue weighted by Gasteiger charge is -2.23. The van der Waals surface area contributed by atoms with Gasteiger partial charge in [-0.2, -0.15) is 0 Å². The Hall–Kier alpha value is -2.24. The van der Waals surface area contributed by atoms with Crippen LogP contribution in [-0.4, -0.2) is 47.4 Å². The van der Waals surface area contributed by atoms with Crippen molar-refractivity contribution >= 4 is 17.8 Å². The molecule has 2 aromatic rings. The third-order valence-electron chi connectivity index (χ3n) is 5.36. The van der Waals surface area contributed by atoms with Crippen molar-refractivity contribution in [2.75, 3.05) is 19.5 Å². The molecule has 2 amide bonds. The molecule has 2 aliphatic heterocycles. The van der Waals surface area contributed by atoms with E-state index in [0.717, 1.165) is 12.2 Å². The van der Waals surface area contributed by atoms with Crippen LogP contribution >= 0.6 is 11.8 Å². The summed E-state index contributed by atoms with van der Waals surface area (Å²) in [4.78, 5) is 18.8. The summed E-state index contributed by atoms with van der Waals surface area (Å²) >= 11 is 1.89. The molecule has 2 fully saturated rings. The van der Waals surface area contributed by atoms with Gasteiger partial charge in [-0.1, -0.05) is 66.7 Å². The van der Waals surface area contributed by atoms with Crippen molar-refractivity contribution in [3.8, 4) is 0 Å². The molecule has 2 heterocycles. The van der Waals surface area contributed by atoms with Gasteiger partial charge in [-0.15, -0.1) is 11.8 Å². The second kappa shape index (κ2) is 8.84. The van der Waals surface area contributed by atoms with Crippen molar-refractivity contribution in [2.24, 2.45) is 0 Å². The van der Waals surface area contributed by atoms with E-state index < -0.39 is 0 Å². The van der Waals surface area contributed by atoms with Crippen LogP contribution in [0.2, 0.25) is 0 Å². The molecule has 4 nitrogen and oxygen atoms in total. The van der Waals surface area contributed by atoms with Gasteiger partial charge in [0, 0.05) is 37.5 Å². The van der Waals surface area contributed by atoms with Crippen molar-refractivity contribution in [1.82, 2.24) is 9.80 Å². The molecular weight excluding hydrogens is 368 g/mol. The summed E-state index contributed by atoms with van der Waals surface area (Å²) in [6, 6.07) is 21.1. The van der Waals surface area contributed by atoms with Crippen LogP contribution in [0.25, 0.3) is 0 Å². The van der Waals surface area contributed by atoms with Gasteiger partial charge in [0.1, 0.15) is 0 Å². The first-order valence-electron chi connectivity index (χ1n) is 9.75. The lowest BCUT2D eigenvalue weighted by molar-refractivity contribution is 0.182. The Bertz CT molecular complexity index is 825. The minimum absolute atomic E-state index is 0.137. The number of urea groups is 1. The molecule has 0 saturated carbocycles. The van der Waals surface area contributed by atoms with E-state index in [0.29, 0.717) is 19.7 Å². The molecule has 0 spiro atoms. The number of benzene rings is 2. The lowest BCUT2D eigenvalue weighted by atomic mass is 10.1. The maximum absolute atomic E-state index is 13.4. The molecule has 2 atom stereocenters. The van der Waals surface area contributed by atoms with E-state index in [-0.39, 0.29) is 18.1 Å². The average molecular weight is 395 g/mol. The number of amides is 2. The minimum atomic E-state index is 0.137. The van der Waals surface area contributed by atoms with Crippen molar-refractivity contribution in [3.63, 3.8) is 0 Å². The fraction of sp³-hybridized carbons (Fsp3) is 0.348. The van der Waals surface area contributed by atoms with Crippen LogP contribution in [0.5, 0.6) is 0 Å². The molecule has 5 heteroatoms. The number of hydrogen-bond acceptors (Lipinski definition) is 3. The Labute approximate surface area is 171 Å². The van der Waals surface area contributed by atoms with Gasteiger partial charge in [-0.25, -0.2) is 4.79 Å². The largest absolute Gasteiger partial charge is 0.384 e. The van der Waals surface area contributed by atoms with Crippen molar-refractivity contribution in [2.45, 2.75) is 31.6 Å². The molecule has 2 saturated heterocycles. The summed E-state index contributed by atoms with van der Waals surface area (Å²) in [6.45, 7) is 2.02. The van der Waals surface area contributed by atoms with E-state index in [4.69, 9.17) is 4.74 Å². The minimum Gasteiger partial charge on any atom is -0.384 e. The Morgan fingerprint density at radius 2 is 1.61 bits per heavy atom. The van der Waals surface area contributed by atoms with E-state index in [2.05, 4.69) is 40.1 Å². The number of methoxy groups -OCH3 is 1. The average Bonchev–Trinajstić information content (AvgIpc) is 3.24. The first-order valence-corrected chi connectivity index (χ1v) is 10.7. The number of nitrogens with zero attached hydrogens (tertiary/aromatic N) is 2. The summed E-state index contributed by atoms with van der Waals surface area (Å²) in [6.07, 6.45) is 3.14. The van der Waals surface area contributed by atoms with Crippen LogP contribution in [0.3, 0.4) is 0 Å².